The number of nitrogens with one attached hydrogen (secondary N) is 2. The Labute approximate surface area is 99.9 Å². The summed E-state index contributed by atoms with van der Waals surface area (Å²) in [5, 5.41) is 4.30. The summed E-state index contributed by atoms with van der Waals surface area (Å²) in [6, 6.07) is 1.08. The zero-order valence-electron chi connectivity index (χ0n) is 10.3. The molecule has 1 aromatic heterocycles. The van der Waals surface area contributed by atoms with Crippen molar-refractivity contribution in [3.8, 4) is 0 Å². The van der Waals surface area contributed by atoms with Gasteiger partial charge in [0, 0.05) is 7.05 Å². The van der Waals surface area contributed by atoms with Gasteiger partial charge in [-0.3, -0.25) is 9.59 Å². The second kappa shape index (κ2) is 6.90. The van der Waals surface area contributed by atoms with Gasteiger partial charge in [-0.05, 0) is 32.5 Å². The Kier molecular flexibility index (Phi) is 5.48. The van der Waals surface area contributed by atoms with Crippen LogP contribution in [0.1, 0.15) is 30.3 Å². The highest BCUT2D eigenvalue weighted by molar-refractivity contribution is 5.90. The molecule has 1 aliphatic heterocycles. The predicted molar refractivity (Wildman–Crippen MR) is 64.1 cm³/mol. The largest absolute Gasteiger partial charge is 0.373 e. The fourth-order valence-corrected chi connectivity index (χ4v) is 1.62. The number of amides is 1. The summed E-state index contributed by atoms with van der Waals surface area (Å²) in [5.41, 5.74) is -0.418. The fraction of sp³-hybridized carbons (Fsp3) is 0.636. The Morgan fingerprint density at radius 3 is 2.53 bits per heavy atom. The highest BCUT2D eigenvalue weighted by Gasteiger charge is 2.07. The molecule has 0 radical (unpaired) electrons. The van der Waals surface area contributed by atoms with Gasteiger partial charge >= 0.3 is 0 Å². The maximum Gasteiger partial charge on any atom is 0.289 e. The molecule has 0 atom stereocenters. The molecule has 2 heterocycles. The smallest absolute Gasteiger partial charge is 0.289 e. The first-order valence-corrected chi connectivity index (χ1v) is 5.80. The minimum Gasteiger partial charge on any atom is -0.373 e. The van der Waals surface area contributed by atoms with Crippen molar-refractivity contribution in [2.45, 2.75) is 19.8 Å². The highest BCUT2D eigenvalue weighted by Crippen LogP contribution is 2.04. The van der Waals surface area contributed by atoms with Crippen LogP contribution in [0, 0.1) is 0 Å². The Morgan fingerprint density at radius 2 is 2.18 bits per heavy atom. The number of aromatic amines is 1. The Bertz CT molecular complexity index is 391. The quantitative estimate of drug-likeness (QED) is 0.787. The first kappa shape index (κ1) is 13.5. The van der Waals surface area contributed by atoms with Gasteiger partial charge in [-0.1, -0.05) is 6.92 Å². The van der Waals surface area contributed by atoms with Crippen molar-refractivity contribution in [2.75, 3.05) is 26.7 Å². The third kappa shape index (κ3) is 4.44. The highest BCUT2D eigenvalue weighted by atomic mass is 16.5. The topological polar surface area (TPSA) is 78.3 Å². The second-order valence-electron chi connectivity index (χ2n) is 3.80. The van der Waals surface area contributed by atoms with Crippen LogP contribution < -0.4 is 10.9 Å². The summed E-state index contributed by atoms with van der Waals surface area (Å²) in [4.78, 5) is 23.5. The van der Waals surface area contributed by atoms with E-state index in [9.17, 15) is 9.59 Å². The van der Waals surface area contributed by atoms with Crippen LogP contribution in [0.25, 0.3) is 0 Å². The van der Waals surface area contributed by atoms with E-state index >= 15 is 0 Å². The van der Waals surface area contributed by atoms with Crippen LogP contribution in [-0.4, -0.2) is 42.6 Å². The molecule has 0 aromatic carbocycles. The van der Waals surface area contributed by atoms with E-state index in [0.717, 1.165) is 6.07 Å². The number of carbonyl (C=O) groups excluding carboxylic acids is 1. The van der Waals surface area contributed by atoms with E-state index in [1.165, 1.54) is 39.5 Å². The molecule has 2 N–H and O–H groups in total. The summed E-state index contributed by atoms with van der Waals surface area (Å²) in [7, 11) is 1.45. The molecule has 1 saturated heterocycles. The van der Waals surface area contributed by atoms with E-state index < -0.39 is 11.5 Å². The molecule has 6 heteroatoms. The number of aromatic nitrogens is 1. The molecule has 17 heavy (non-hydrogen) atoms. The summed E-state index contributed by atoms with van der Waals surface area (Å²) in [6.45, 7) is 6.16. The summed E-state index contributed by atoms with van der Waals surface area (Å²) in [6.07, 6.45) is 2.85. The lowest BCUT2D eigenvalue weighted by atomic mass is 10.4. The number of H-pyrrole nitrogens is 1. The summed E-state index contributed by atoms with van der Waals surface area (Å²) >= 11 is 0. The van der Waals surface area contributed by atoms with Gasteiger partial charge in [0.25, 0.3) is 11.5 Å². The third-order valence-electron chi connectivity index (χ3n) is 2.62. The van der Waals surface area contributed by atoms with Gasteiger partial charge in [-0.25, -0.2) is 0 Å². The molecular weight excluding hydrogens is 222 g/mol. The number of hydrogen-bond donors (Lipinski definition) is 2. The van der Waals surface area contributed by atoms with E-state index in [4.69, 9.17) is 0 Å². The molecule has 2 rings (SSSR count). The van der Waals surface area contributed by atoms with E-state index in [1.807, 2.05) is 5.16 Å². The Hall–Kier alpha value is -1.56. The third-order valence-corrected chi connectivity index (χ3v) is 2.62. The van der Waals surface area contributed by atoms with Crippen molar-refractivity contribution in [1.82, 2.24) is 15.4 Å². The molecule has 6 nitrogen and oxygen atoms in total. The predicted octanol–water partition coefficient (Wildman–Crippen LogP) is 0.430. The summed E-state index contributed by atoms with van der Waals surface area (Å²) in [5.74, 6) is -0.425. The molecule has 0 spiro atoms. The van der Waals surface area contributed by atoms with E-state index in [2.05, 4.69) is 21.7 Å². The van der Waals surface area contributed by atoms with Gasteiger partial charge < -0.3 is 14.7 Å². The lowest BCUT2D eigenvalue weighted by Crippen LogP contribution is -2.17. The van der Waals surface area contributed by atoms with Crippen LogP contribution in [-0.2, 0) is 0 Å². The molecule has 0 unspecified atom stereocenters. The number of likely N-dealkylation sites (tertiary alicyclic amines) is 1. The normalized spacial score (nSPS) is 15.2. The number of hydrogen-bond acceptors (Lipinski definition) is 4. The average Bonchev–Trinajstić information content (AvgIpc) is 2.99. The molecule has 0 saturated carbocycles. The van der Waals surface area contributed by atoms with Gasteiger partial charge in [0.2, 0.25) is 5.76 Å². The first-order valence-electron chi connectivity index (χ1n) is 5.80. The lowest BCUT2D eigenvalue weighted by molar-refractivity contribution is 0.0926. The monoisotopic (exact) mass is 241 g/mol. The number of rotatable bonds is 2. The van der Waals surface area contributed by atoms with Crippen LogP contribution in [0.15, 0.2) is 15.4 Å². The molecule has 1 amide bonds. The summed E-state index contributed by atoms with van der Waals surface area (Å²) < 4.78 is 4.47. The second-order valence-corrected chi connectivity index (χ2v) is 3.80. The number of carbonyl (C=O) groups is 1. The van der Waals surface area contributed by atoms with Crippen molar-refractivity contribution >= 4 is 5.91 Å². The molecular formula is C11H19N3O3. The zero-order chi connectivity index (χ0) is 12.7. The van der Waals surface area contributed by atoms with Crippen LogP contribution in [0.4, 0.5) is 0 Å². The first-order chi connectivity index (χ1) is 8.17. The molecule has 96 valence electrons. The maximum atomic E-state index is 10.7. The Morgan fingerprint density at radius 1 is 1.53 bits per heavy atom. The van der Waals surface area contributed by atoms with E-state index in [-0.39, 0.29) is 5.76 Å². The van der Waals surface area contributed by atoms with Gasteiger partial charge in [-0.15, -0.1) is 0 Å². The average molecular weight is 241 g/mol. The zero-order valence-corrected chi connectivity index (χ0v) is 10.3. The van der Waals surface area contributed by atoms with E-state index in [0.29, 0.717) is 0 Å². The number of nitrogens with zero attached hydrogens (tertiary/aromatic N) is 1. The Balaban J connectivity index is 0.000000181. The van der Waals surface area contributed by atoms with Gasteiger partial charge in [-0.2, -0.15) is 5.16 Å². The van der Waals surface area contributed by atoms with Gasteiger partial charge in [0.15, 0.2) is 0 Å². The van der Waals surface area contributed by atoms with Crippen LogP contribution in [0.2, 0.25) is 0 Å². The van der Waals surface area contributed by atoms with Crippen molar-refractivity contribution < 1.29 is 9.32 Å². The lowest BCUT2D eigenvalue weighted by Gasteiger charge is -2.08. The van der Waals surface area contributed by atoms with E-state index in [1.54, 1.807) is 0 Å². The SMILES string of the molecule is CCN1CCCC1.CNC(=O)c1cc(=O)[nH]o1. The van der Waals surface area contributed by atoms with Crippen LogP contribution in [0.5, 0.6) is 0 Å². The van der Waals surface area contributed by atoms with Crippen molar-refractivity contribution in [3.05, 3.63) is 22.2 Å². The van der Waals surface area contributed by atoms with Crippen molar-refractivity contribution in [3.63, 3.8) is 0 Å². The maximum absolute atomic E-state index is 10.7. The molecule has 0 bridgehead atoms. The molecule has 0 aliphatic carbocycles. The van der Waals surface area contributed by atoms with Gasteiger partial charge in [0.1, 0.15) is 0 Å². The van der Waals surface area contributed by atoms with Crippen molar-refractivity contribution in [2.24, 2.45) is 0 Å². The minimum absolute atomic E-state index is 0.00694. The van der Waals surface area contributed by atoms with Crippen LogP contribution in [0.3, 0.4) is 0 Å². The minimum atomic E-state index is -0.418. The van der Waals surface area contributed by atoms with Crippen molar-refractivity contribution in [1.29, 1.82) is 0 Å². The fourth-order valence-electron chi connectivity index (χ4n) is 1.62. The molecule has 1 aliphatic rings. The standard InChI is InChI=1S/C6H13N.C5H6N2O3/c1-2-7-5-3-4-6-7;1-6-5(9)3-2-4(8)7-10-3/h2-6H2,1H3;2H,1H3,(H,6,9)(H,7,8). The molecule has 1 fully saturated rings. The van der Waals surface area contributed by atoms with Crippen LogP contribution >= 0.6 is 0 Å². The molecule has 1 aromatic rings. The van der Waals surface area contributed by atoms with Gasteiger partial charge in [0.05, 0.1) is 6.07 Å².